The van der Waals surface area contributed by atoms with Crippen molar-refractivity contribution in [3.63, 3.8) is 0 Å². The predicted octanol–water partition coefficient (Wildman–Crippen LogP) is 4.77. The zero-order valence-electron chi connectivity index (χ0n) is 12.9. The van der Waals surface area contributed by atoms with Crippen LogP contribution in [0.5, 0.6) is 5.75 Å². The lowest BCUT2D eigenvalue weighted by Crippen LogP contribution is -2.05. The number of benzene rings is 1. The third-order valence-electron chi connectivity index (χ3n) is 2.96. The summed E-state index contributed by atoms with van der Waals surface area (Å²) in [6.07, 6.45) is 1.91. The quantitative estimate of drug-likeness (QED) is 0.771. The molecule has 0 unspecified atom stereocenters. The van der Waals surface area contributed by atoms with Gasteiger partial charge in [0.05, 0.1) is 11.1 Å². The minimum absolute atomic E-state index is 0.0844. The maximum Gasteiger partial charge on any atom is 0.226 e. The molecule has 4 nitrogen and oxygen atoms in total. The van der Waals surface area contributed by atoms with Gasteiger partial charge in [-0.15, -0.1) is 0 Å². The van der Waals surface area contributed by atoms with Crippen molar-refractivity contribution in [2.45, 2.75) is 46.6 Å². The number of hydrogen-bond acceptors (Lipinski definition) is 4. The molecule has 1 aromatic heterocycles. The van der Waals surface area contributed by atoms with Crippen LogP contribution in [0.1, 0.15) is 40.0 Å². The third-order valence-corrected chi connectivity index (χ3v) is 3.25. The Kier molecular flexibility index (Phi) is 5.23. The number of hydrogen-bond donors (Lipinski definition) is 0. The van der Waals surface area contributed by atoms with E-state index in [0.717, 1.165) is 18.4 Å². The molecule has 0 fully saturated rings. The van der Waals surface area contributed by atoms with E-state index in [1.807, 2.05) is 26.0 Å². The highest BCUT2D eigenvalue weighted by atomic mass is 35.5. The molecule has 0 aliphatic rings. The molecule has 0 radical (unpaired) electrons. The first kappa shape index (κ1) is 15.8. The average molecular weight is 309 g/mol. The van der Waals surface area contributed by atoms with Gasteiger partial charge in [-0.25, -0.2) is 0 Å². The summed E-state index contributed by atoms with van der Waals surface area (Å²) in [4.78, 5) is 4.41. The first-order valence-electron chi connectivity index (χ1n) is 7.25. The lowest BCUT2D eigenvalue weighted by molar-refractivity contribution is 0.242. The van der Waals surface area contributed by atoms with E-state index in [2.05, 4.69) is 24.0 Å². The van der Waals surface area contributed by atoms with Crippen LogP contribution in [0.25, 0.3) is 11.4 Å². The number of nitrogens with zero attached hydrogens (tertiary/aromatic N) is 2. The zero-order chi connectivity index (χ0) is 15.4. The normalized spacial score (nSPS) is 11.4. The van der Waals surface area contributed by atoms with E-state index in [1.54, 1.807) is 6.07 Å². The van der Waals surface area contributed by atoms with Crippen LogP contribution in [-0.4, -0.2) is 16.2 Å². The molecule has 2 rings (SSSR count). The Morgan fingerprint density at radius 2 is 2.00 bits per heavy atom. The molecule has 2 aromatic rings. The highest BCUT2D eigenvalue weighted by molar-refractivity contribution is 6.32. The van der Waals surface area contributed by atoms with Gasteiger partial charge in [0.25, 0.3) is 0 Å². The molecule has 0 amide bonds. The van der Waals surface area contributed by atoms with Crippen LogP contribution in [0.2, 0.25) is 5.02 Å². The van der Waals surface area contributed by atoms with Crippen molar-refractivity contribution in [2.24, 2.45) is 5.92 Å². The number of halogens is 1. The lowest BCUT2D eigenvalue weighted by atomic mass is 10.1. The summed E-state index contributed by atoms with van der Waals surface area (Å²) in [5, 5.41) is 4.56. The van der Waals surface area contributed by atoms with Crippen LogP contribution >= 0.6 is 11.6 Å². The van der Waals surface area contributed by atoms with Crippen LogP contribution in [-0.2, 0) is 6.42 Å². The zero-order valence-corrected chi connectivity index (χ0v) is 13.6. The van der Waals surface area contributed by atoms with Crippen molar-refractivity contribution in [1.82, 2.24) is 10.1 Å². The monoisotopic (exact) mass is 308 g/mol. The Bertz CT molecular complexity index is 594. The largest absolute Gasteiger partial charge is 0.489 e. The van der Waals surface area contributed by atoms with Gasteiger partial charge in [-0.2, -0.15) is 4.98 Å². The second kappa shape index (κ2) is 6.94. The van der Waals surface area contributed by atoms with Crippen molar-refractivity contribution >= 4 is 11.6 Å². The SMILES string of the molecule is CC(C)CCc1nc(-c2ccc(OC(C)C)c(Cl)c2)no1. The Hall–Kier alpha value is -1.55. The van der Waals surface area contributed by atoms with Gasteiger partial charge in [0, 0.05) is 12.0 Å². The summed E-state index contributed by atoms with van der Waals surface area (Å²) in [6.45, 7) is 8.27. The van der Waals surface area contributed by atoms with Gasteiger partial charge in [-0.3, -0.25) is 0 Å². The molecule has 0 bridgehead atoms. The molecule has 0 aliphatic carbocycles. The molecule has 21 heavy (non-hydrogen) atoms. The fraction of sp³-hybridized carbons (Fsp3) is 0.500. The number of aryl methyl sites for hydroxylation is 1. The van der Waals surface area contributed by atoms with Gasteiger partial charge in [0.1, 0.15) is 5.75 Å². The van der Waals surface area contributed by atoms with Gasteiger partial charge in [0.2, 0.25) is 11.7 Å². The molecule has 0 saturated heterocycles. The molecule has 5 heteroatoms. The van der Waals surface area contributed by atoms with Crippen molar-refractivity contribution in [3.05, 3.63) is 29.1 Å². The van der Waals surface area contributed by atoms with Gasteiger partial charge in [-0.05, 0) is 44.4 Å². The first-order chi connectivity index (χ1) is 9.95. The maximum atomic E-state index is 6.22. The Morgan fingerprint density at radius 1 is 1.24 bits per heavy atom. The Morgan fingerprint density at radius 3 is 2.62 bits per heavy atom. The van der Waals surface area contributed by atoms with Gasteiger partial charge < -0.3 is 9.26 Å². The van der Waals surface area contributed by atoms with Crippen LogP contribution in [0.4, 0.5) is 0 Å². The molecule has 0 N–H and O–H groups in total. The number of rotatable bonds is 6. The summed E-state index contributed by atoms with van der Waals surface area (Å²) < 4.78 is 10.9. The molecule has 0 spiro atoms. The molecule has 1 aromatic carbocycles. The molecule has 114 valence electrons. The van der Waals surface area contributed by atoms with E-state index in [9.17, 15) is 0 Å². The number of ether oxygens (including phenoxy) is 1. The molecule has 0 aliphatic heterocycles. The Labute approximate surface area is 130 Å². The van der Waals surface area contributed by atoms with Gasteiger partial charge in [0.15, 0.2) is 0 Å². The summed E-state index contributed by atoms with van der Waals surface area (Å²) >= 11 is 6.22. The van der Waals surface area contributed by atoms with Gasteiger partial charge in [-0.1, -0.05) is 30.6 Å². The molecular formula is C16H21ClN2O2. The van der Waals surface area contributed by atoms with Crippen LogP contribution in [0.3, 0.4) is 0 Å². The topological polar surface area (TPSA) is 48.2 Å². The van der Waals surface area contributed by atoms with E-state index in [-0.39, 0.29) is 6.10 Å². The fourth-order valence-electron chi connectivity index (χ4n) is 1.88. The van der Waals surface area contributed by atoms with Crippen LogP contribution < -0.4 is 4.74 Å². The average Bonchev–Trinajstić information content (AvgIpc) is 2.87. The van der Waals surface area contributed by atoms with E-state index in [4.69, 9.17) is 20.9 Å². The smallest absolute Gasteiger partial charge is 0.226 e. The van der Waals surface area contributed by atoms with E-state index in [0.29, 0.717) is 28.4 Å². The highest BCUT2D eigenvalue weighted by Crippen LogP contribution is 2.30. The minimum atomic E-state index is 0.0844. The summed E-state index contributed by atoms with van der Waals surface area (Å²) in [5.41, 5.74) is 0.829. The summed E-state index contributed by atoms with van der Waals surface area (Å²) in [7, 11) is 0. The van der Waals surface area contributed by atoms with E-state index in [1.165, 1.54) is 0 Å². The molecule has 0 saturated carbocycles. The maximum absolute atomic E-state index is 6.22. The summed E-state index contributed by atoms with van der Waals surface area (Å²) in [5.74, 6) is 2.50. The standard InChI is InChI=1S/C16H21ClN2O2/c1-10(2)5-8-15-18-16(19-21-15)12-6-7-14(13(17)9-12)20-11(3)4/h6-7,9-11H,5,8H2,1-4H3. The number of aromatic nitrogens is 2. The minimum Gasteiger partial charge on any atom is -0.489 e. The van der Waals surface area contributed by atoms with Crippen LogP contribution in [0.15, 0.2) is 22.7 Å². The molecular weight excluding hydrogens is 288 g/mol. The van der Waals surface area contributed by atoms with E-state index < -0.39 is 0 Å². The first-order valence-corrected chi connectivity index (χ1v) is 7.62. The molecule has 0 atom stereocenters. The third kappa shape index (κ3) is 4.46. The molecule has 1 heterocycles. The van der Waals surface area contributed by atoms with Crippen molar-refractivity contribution in [2.75, 3.05) is 0 Å². The van der Waals surface area contributed by atoms with Crippen molar-refractivity contribution < 1.29 is 9.26 Å². The lowest BCUT2D eigenvalue weighted by Gasteiger charge is -2.11. The fourth-order valence-corrected chi connectivity index (χ4v) is 2.10. The van der Waals surface area contributed by atoms with Gasteiger partial charge >= 0.3 is 0 Å². The summed E-state index contributed by atoms with van der Waals surface area (Å²) in [6, 6.07) is 5.53. The van der Waals surface area contributed by atoms with E-state index >= 15 is 0 Å². The second-order valence-corrected chi connectivity index (χ2v) is 6.16. The second-order valence-electron chi connectivity index (χ2n) is 5.76. The highest BCUT2D eigenvalue weighted by Gasteiger charge is 2.12. The Balaban J connectivity index is 2.13. The van der Waals surface area contributed by atoms with Crippen molar-refractivity contribution in [1.29, 1.82) is 0 Å². The van der Waals surface area contributed by atoms with Crippen LogP contribution in [0, 0.1) is 5.92 Å². The predicted molar refractivity (Wildman–Crippen MR) is 83.7 cm³/mol. The van der Waals surface area contributed by atoms with Crippen molar-refractivity contribution in [3.8, 4) is 17.1 Å².